The highest BCUT2D eigenvalue weighted by Gasteiger charge is 2.55. The lowest BCUT2D eigenvalue weighted by atomic mass is 9.73. The summed E-state index contributed by atoms with van der Waals surface area (Å²) in [7, 11) is 0. The van der Waals surface area contributed by atoms with Gasteiger partial charge in [0.2, 0.25) is 5.91 Å². The van der Waals surface area contributed by atoms with Gasteiger partial charge in [-0.15, -0.1) is 0 Å². The smallest absolute Gasteiger partial charge is 0.325 e. The molecular weight excluding hydrogens is 363 g/mol. The molecule has 0 radical (unpaired) electrons. The number of hydrogen-bond donors (Lipinski definition) is 2. The predicted octanol–water partition coefficient (Wildman–Crippen LogP) is 3.14. The first kappa shape index (κ1) is 19.2. The minimum absolute atomic E-state index is 0.0225. The molecule has 2 fully saturated rings. The average molecular weight is 383 g/mol. The number of amides is 4. The van der Waals surface area contributed by atoms with E-state index in [9.17, 15) is 27.6 Å². The molecule has 1 spiro atoms. The Labute approximate surface area is 154 Å². The van der Waals surface area contributed by atoms with Crippen LogP contribution in [0.5, 0.6) is 0 Å². The molecule has 9 heteroatoms. The monoisotopic (exact) mass is 383 g/mol. The number of imide groups is 1. The van der Waals surface area contributed by atoms with Gasteiger partial charge in [-0.05, 0) is 43.0 Å². The molecule has 0 aromatic heterocycles. The van der Waals surface area contributed by atoms with Crippen LogP contribution in [0, 0.1) is 5.92 Å². The summed E-state index contributed by atoms with van der Waals surface area (Å²) in [5, 5.41) is 5.16. The van der Waals surface area contributed by atoms with Crippen LogP contribution in [0.1, 0.15) is 38.2 Å². The minimum atomic E-state index is -4.46. The van der Waals surface area contributed by atoms with Crippen LogP contribution in [0.25, 0.3) is 0 Å². The van der Waals surface area contributed by atoms with E-state index >= 15 is 0 Å². The number of rotatable bonds is 3. The maximum atomic E-state index is 12.8. The fourth-order valence-corrected chi connectivity index (χ4v) is 3.73. The first-order chi connectivity index (χ1) is 12.6. The summed E-state index contributed by atoms with van der Waals surface area (Å²) in [6.45, 7) is 1.42. The van der Waals surface area contributed by atoms with Gasteiger partial charge in [0.05, 0.1) is 5.56 Å². The van der Waals surface area contributed by atoms with E-state index in [0.717, 1.165) is 48.4 Å². The molecule has 2 aliphatic rings. The van der Waals surface area contributed by atoms with Gasteiger partial charge in [-0.3, -0.25) is 14.5 Å². The lowest BCUT2D eigenvalue weighted by molar-refractivity contribution is -0.137. The molecule has 2 N–H and O–H groups in total. The van der Waals surface area contributed by atoms with Crippen LogP contribution in [0.2, 0.25) is 0 Å². The SMILES string of the molecule is C[C@H]1CCCC[C@]12NC(=O)N(CC(=O)Nc1ccc(C(F)(F)F)cc1)C2=O. The molecule has 1 aliphatic heterocycles. The Hall–Kier alpha value is -2.58. The minimum Gasteiger partial charge on any atom is -0.325 e. The van der Waals surface area contributed by atoms with Crippen LogP contribution in [0.4, 0.5) is 23.7 Å². The number of nitrogens with zero attached hydrogens (tertiary/aromatic N) is 1. The van der Waals surface area contributed by atoms with E-state index < -0.39 is 41.7 Å². The van der Waals surface area contributed by atoms with E-state index in [2.05, 4.69) is 10.6 Å². The Morgan fingerprint density at radius 2 is 1.93 bits per heavy atom. The molecule has 1 heterocycles. The van der Waals surface area contributed by atoms with Crippen molar-refractivity contribution < 1.29 is 27.6 Å². The van der Waals surface area contributed by atoms with Crippen molar-refractivity contribution in [2.24, 2.45) is 5.92 Å². The van der Waals surface area contributed by atoms with Gasteiger partial charge < -0.3 is 10.6 Å². The Kier molecular flexibility index (Phi) is 4.88. The van der Waals surface area contributed by atoms with Crippen LogP contribution in [-0.2, 0) is 15.8 Å². The summed E-state index contributed by atoms with van der Waals surface area (Å²) >= 11 is 0. The summed E-state index contributed by atoms with van der Waals surface area (Å²) in [6, 6.07) is 3.33. The number of urea groups is 1. The molecule has 27 heavy (non-hydrogen) atoms. The average Bonchev–Trinajstić information content (AvgIpc) is 2.82. The van der Waals surface area contributed by atoms with Gasteiger partial charge in [0, 0.05) is 5.69 Å². The molecule has 3 rings (SSSR count). The molecule has 146 valence electrons. The maximum Gasteiger partial charge on any atom is 0.416 e. The van der Waals surface area contributed by atoms with Gasteiger partial charge >= 0.3 is 12.2 Å². The van der Waals surface area contributed by atoms with Crippen LogP contribution in [0.15, 0.2) is 24.3 Å². The van der Waals surface area contributed by atoms with Gasteiger partial charge in [0.15, 0.2) is 0 Å². The molecule has 1 aliphatic carbocycles. The quantitative estimate of drug-likeness (QED) is 0.787. The zero-order chi connectivity index (χ0) is 19.8. The van der Waals surface area contributed by atoms with Gasteiger partial charge in [-0.2, -0.15) is 13.2 Å². The summed E-state index contributed by atoms with van der Waals surface area (Å²) in [6.07, 6.45) is -1.30. The van der Waals surface area contributed by atoms with Gasteiger partial charge in [0.25, 0.3) is 5.91 Å². The molecule has 0 unspecified atom stereocenters. The van der Waals surface area contributed by atoms with Crippen molar-refractivity contribution in [2.75, 3.05) is 11.9 Å². The highest BCUT2D eigenvalue weighted by molar-refractivity contribution is 6.10. The molecule has 6 nitrogen and oxygen atoms in total. The Morgan fingerprint density at radius 1 is 1.26 bits per heavy atom. The van der Waals surface area contributed by atoms with E-state index in [1.807, 2.05) is 6.92 Å². The van der Waals surface area contributed by atoms with Gasteiger partial charge in [0.1, 0.15) is 12.1 Å². The van der Waals surface area contributed by atoms with Crippen molar-refractivity contribution in [1.82, 2.24) is 10.2 Å². The van der Waals surface area contributed by atoms with Crippen molar-refractivity contribution in [3.63, 3.8) is 0 Å². The zero-order valence-corrected chi connectivity index (χ0v) is 14.7. The van der Waals surface area contributed by atoms with Crippen LogP contribution in [0.3, 0.4) is 0 Å². The molecule has 1 saturated heterocycles. The summed E-state index contributed by atoms with van der Waals surface area (Å²) < 4.78 is 37.7. The topological polar surface area (TPSA) is 78.5 Å². The zero-order valence-electron chi connectivity index (χ0n) is 14.7. The number of anilines is 1. The molecule has 4 amide bonds. The second-order valence-corrected chi connectivity index (χ2v) is 7.06. The van der Waals surface area contributed by atoms with Crippen molar-refractivity contribution >= 4 is 23.5 Å². The molecular formula is C18H20F3N3O3. The molecule has 1 aromatic rings. The summed E-state index contributed by atoms with van der Waals surface area (Å²) in [4.78, 5) is 38.1. The van der Waals surface area contributed by atoms with Crippen LogP contribution < -0.4 is 10.6 Å². The largest absolute Gasteiger partial charge is 0.416 e. The van der Waals surface area contributed by atoms with Crippen molar-refractivity contribution in [2.45, 2.75) is 44.3 Å². The fraction of sp³-hybridized carbons (Fsp3) is 0.500. The number of halogens is 3. The third-order valence-electron chi connectivity index (χ3n) is 5.30. The van der Waals surface area contributed by atoms with Crippen LogP contribution >= 0.6 is 0 Å². The molecule has 1 aromatic carbocycles. The van der Waals surface area contributed by atoms with E-state index in [0.29, 0.717) is 6.42 Å². The maximum absolute atomic E-state index is 12.8. The van der Waals surface area contributed by atoms with Crippen LogP contribution in [-0.4, -0.2) is 34.8 Å². The van der Waals surface area contributed by atoms with Crippen molar-refractivity contribution in [3.05, 3.63) is 29.8 Å². The number of carbonyl (C=O) groups is 3. The number of nitrogens with one attached hydrogen (secondary N) is 2. The third kappa shape index (κ3) is 3.63. The Morgan fingerprint density at radius 3 is 2.52 bits per heavy atom. The lowest BCUT2D eigenvalue weighted by Gasteiger charge is -2.36. The normalized spacial score (nSPS) is 25.6. The Bertz CT molecular complexity index is 763. The standard InChI is InChI=1S/C18H20F3N3O3/c1-11-4-2-3-9-17(11)15(26)24(16(27)23-17)10-14(25)22-13-7-5-12(6-8-13)18(19,20)21/h5-8,11H,2-4,9-10H2,1H3,(H,22,25)(H,23,27)/t11-,17-/m0/s1. The number of carbonyl (C=O) groups excluding carboxylic acids is 3. The number of benzene rings is 1. The highest BCUT2D eigenvalue weighted by Crippen LogP contribution is 2.38. The lowest BCUT2D eigenvalue weighted by Crippen LogP contribution is -2.54. The second-order valence-electron chi connectivity index (χ2n) is 7.06. The van der Waals surface area contributed by atoms with Gasteiger partial charge in [-0.25, -0.2) is 4.79 Å². The summed E-state index contributed by atoms with van der Waals surface area (Å²) in [5.74, 6) is -1.09. The molecule has 1 saturated carbocycles. The Balaban J connectivity index is 1.65. The number of alkyl halides is 3. The van der Waals surface area contributed by atoms with Crippen molar-refractivity contribution in [3.8, 4) is 0 Å². The predicted molar refractivity (Wildman–Crippen MR) is 90.7 cm³/mol. The summed E-state index contributed by atoms with van der Waals surface area (Å²) in [5.41, 5.74) is -1.63. The number of hydrogen-bond acceptors (Lipinski definition) is 3. The van der Waals surface area contributed by atoms with Crippen molar-refractivity contribution in [1.29, 1.82) is 0 Å². The van der Waals surface area contributed by atoms with E-state index in [-0.39, 0.29) is 11.6 Å². The molecule has 2 atom stereocenters. The van der Waals surface area contributed by atoms with E-state index in [1.54, 1.807) is 0 Å². The van der Waals surface area contributed by atoms with E-state index in [1.165, 1.54) is 0 Å². The van der Waals surface area contributed by atoms with E-state index in [4.69, 9.17) is 0 Å². The first-order valence-corrected chi connectivity index (χ1v) is 8.75. The first-order valence-electron chi connectivity index (χ1n) is 8.75. The third-order valence-corrected chi connectivity index (χ3v) is 5.30. The molecule has 0 bridgehead atoms. The fourth-order valence-electron chi connectivity index (χ4n) is 3.73. The highest BCUT2D eigenvalue weighted by atomic mass is 19.4. The second kappa shape index (κ2) is 6.86. The van der Waals surface area contributed by atoms with Gasteiger partial charge in [-0.1, -0.05) is 19.8 Å².